The van der Waals surface area contributed by atoms with Gasteiger partial charge in [-0.3, -0.25) is 4.84 Å². The van der Waals surface area contributed by atoms with Crippen molar-refractivity contribution in [1.29, 1.82) is 0 Å². The molecular weight excluding hydrogens is 582 g/mol. The summed E-state index contributed by atoms with van der Waals surface area (Å²) in [5.74, 6) is 6.47. The number of hydrogen-bond acceptors (Lipinski definition) is 3. The predicted molar refractivity (Wildman–Crippen MR) is 172 cm³/mol. The molecule has 0 saturated carbocycles. The van der Waals surface area contributed by atoms with Crippen LogP contribution in [0.3, 0.4) is 0 Å². The molecule has 0 bridgehead atoms. The molecule has 4 heteroatoms. The minimum atomic E-state index is -1.45. The molecule has 0 saturated heterocycles. The van der Waals surface area contributed by atoms with Gasteiger partial charge in [0.2, 0.25) is 0 Å². The summed E-state index contributed by atoms with van der Waals surface area (Å²) in [4.78, 5) is 6.28. The van der Waals surface area contributed by atoms with Crippen molar-refractivity contribution in [2.75, 3.05) is 0 Å². The van der Waals surface area contributed by atoms with E-state index in [0.717, 1.165) is 73.0 Å². The van der Waals surface area contributed by atoms with Gasteiger partial charge in [-0.2, -0.15) is 0 Å². The Labute approximate surface area is 254 Å². The Balaban J connectivity index is 1.58. The third-order valence-corrected chi connectivity index (χ3v) is 9.14. The Kier molecular flexibility index (Phi) is 6.80. The molecule has 3 nitrogen and oxygen atoms in total. The molecule has 2 atom stereocenters. The summed E-state index contributed by atoms with van der Waals surface area (Å²) in [6.45, 7) is 0. The van der Waals surface area contributed by atoms with E-state index >= 15 is 0 Å². The predicted octanol–water partition coefficient (Wildman–Crippen LogP) is 8.81. The van der Waals surface area contributed by atoms with Crippen LogP contribution in [-0.2, 0) is 16.0 Å². The Morgan fingerprint density at radius 3 is 1.71 bits per heavy atom. The van der Waals surface area contributed by atoms with Gasteiger partial charge in [0.1, 0.15) is 5.60 Å². The minimum absolute atomic E-state index is 0.743. The molecule has 0 amide bonds. The number of benzene rings is 5. The van der Waals surface area contributed by atoms with E-state index in [9.17, 15) is 5.11 Å². The van der Waals surface area contributed by atoms with E-state index in [1.165, 1.54) is 0 Å². The quantitative estimate of drug-likeness (QED) is 0.195. The van der Waals surface area contributed by atoms with Crippen molar-refractivity contribution in [3.05, 3.63) is 177 Å². The lowest BCUT2D eigenvalue weighted by molar-refractivity contribution is -0.00682. The van der Waals surface area contributed by atoms with Crippen LogP contribution in [0.2, 0.25) is 0 Å². The average Bonchev–Trinajstić information content (AvgIpc) is 3.06. The smallest absolute Gasteiger partial charge is 0.165 e. The van der Waals surface area contributed by atoms with Crippen LogP contribution in [0.4, 0.5) is 0 Å². The van der Waals surface area contributed by atoms with Gasteiger partial charge >= 0.3 is 0 Å². The molecule has 3 N–H and O–H groups in total. The lowest BCUT2D eigenvalue weighted by Gasteiger charge is -2.50. The van der Waals surface area contributed by atoms with E-state index in [1.54, 1.807) is 0 Å². The Morgan fingerprint density at radius 1 is 0.571 bits per heavy atom. The van der Waals surface area contributed by atoms with Gasteiger partial charge in [-0.05, 0) is 63.9 Å². The van der Waals surface area contributed by atoms with Crippen molar-refractivity contribution < 1.29 is 9.94 Å². The Morgan fingerprint density at radius 2 is 1.10 bits per heavy atom. The zero-order valence-electron chi connectivity index (χ0n) is 23.0. The molecule has 0 aliphatic heterocycles. The van der Waals surface area contributed by atoms with E-state index in [-0.39, 0.29) is 0 Å². The number of allylic oxidation sites excluding steroid dienone is 2. The van der Waals surface area contributed by atoms with Crippen LogP contribution in [-0.4, -0.2) is 5.11 Å². The van der Waals surface area contributed by atoms with Gasteiger partial charge in [0.05, 0.1) is 0 Å². The highest BCUT2D eigenvalue weighted by Gasteiger charge is 2.56. The second-order valence-electron chi connectivity index (χ2n) is 10.8. The normalized spacial score (nSPS) is 21.1. The van der Waals surface area contributed by atoms with Crippen LogP contribution >= 0.6 is 15.9 Å². The fourth-order valence-electron chi connectivity index (χ4n) is 6.86. The maximum absolute atomic E-state index is 13.3. The molecule has 42 heavy (non-hydrogen) atoms. The van der Waals surface area contributed by atoms with E-state index < -0.39 is 11.2 Å². The van der Waals surface area contributed by atoms with Crippen LogP contribution in [0.1, 0.15) is 35.1 Å². The first-order valence-corrected chi connectivity index (χ1v) is 15.0. The van der Waals surface area contributed by atoms with E-state index in [1.807, 2.05) is 84.9 Å². The zero-order valence-corrected chi connectivity index (χ0v) is 24.6. The van der Waals surface area contributed by atoms with Crippen molar-refractivity contribution in [1.82, 2.24) is 0 Å². The van der Waals surface area contributed by atoms with Crippen LogP contribution in [0.25, 0.3) is 22.3 Å². The van der Waals surface area contributed by atoms with Gasteiger partial charge in [0, 0.05) is 21.2 Å². The number of halogens is 1. The molecular formula is C38H30BrNO2. The first kappa shape index (κ1) is 26.8. The second-order valence-corrected chi connectivity index (χ2v) is 11.8. The number of rotatable bonds is 5. The SMILES string of the molecule is NOC1(c2ccccc2-c2ccccc2)C2=CCCC=C2C(O)(c2ccccc2-c2ccccc2)c2ccc(Br)cc21. The lowest BCUT2D eigenvalue weighted by Crippen LogP contribution is -2.49. The fourth-order valence-corrected chi connectivity index (χ4v) is 7.22. The van der Waals surface area contributed by atoms with Gasteiger partial charge in [0.15, 0.2) is 5.60 Å². The van der Waals surface area contributed by atoms with Crippen molar-refractivity contribution in [3.63, 3.8) is 0 Å². The summed E-state index contributed by atoms with van der Waals surface area (Å²) < 4.78 is 0.877. The topological polar surface area (TPSA) is 55.5 Å². The van der Waals surface area contributed by atoms with Crippen molar-refractivity contribution in [2.24, 2.45) is 5.90 Å². The van der Waals surface area contributed by atoms with Crippen LogP contribution < -0.4 is 5.90 Å². The molecule has 2 unspecified atom stereocenters. The van der Waals surface area contributed by atoms with Gasteiger partial charge in [0.25, 0.3) is 0 Å². The Hall–Kier alpha value is -4.06. The monoisotopic (exact) mass is 611 g/mol. The Bertz CT molecular complexity index is 1850. The summed E-state index contributed by atoms with van der Waals surface area (Å²) in [5.41, 5.74) is 6.48. The van der Waals surface area contributed by atoms with Gasteiger partial charge in [-0.25, -0.2) is 5.90 Å². The number of hydrogen-bond donors (Lipinski definition) is 2. The first-order valence-electron chi connectivity index (χ1n) is 14.2. The summed E-state index contributed by atoms with van der Waals surface area (Å²) in [6, 6.07) is 43.0. The molecule has 5 aromatic rings. The van der Waals surface area contributed by atoms with Crippen molar-refractivity contribution in [3.8, 4) is 22.3 Å². The molecule has 0 radical (unpaired) electrons. The molecule has 206 valence electrons. The zero-order chi connectivity index (χ0) is 28.7. The van der Waals surface area contributed by atoms with Crippen molar-refractivity contribution in [2.45, 2.75) is 24.0 Å². The van der Waals surface area contributed by atoms with Gasteiger partial charge in [-0.15, -0.1) is 0 Å². The molecule has 7 rings (SSSR count). The fraction of sp³-hybridized carbons (Fsp3) is 0.105. The van der Waals surface area contributed by atoms with Gasteiger partial charge in [-0.1, -0.05) is 143 Å². The summed E-state index contributed by atoms with van der Waals surface area (Å²) in [5, 5.41) is 13.3. The second kappa shape index (κ2) is 10.6. The highest BCUT2D eigenvalue weighted by atomic mass is 79.9. The number of nitrogens with two attached hydrogens (primary N) is 1. The van der Waals surface area contributed by atoms with E-state index in [4.69, 9.17) is 10.7 Å². The third kappa shape index (κ3) is 3.98. The van der Waals surface area contributed by atoms with E-state index in [2.05, 4.69) is 70.5 Å². The standard InChI is InChI=1S/C38H30BrNO2/c39-28-23-24-34-36(25-28)38(42-40,32-20-10-8-18-30(32)27-15-5-2-6-16-27)35-22-12-11-21-33(35)37(34,41)31-19-9-7-17-29(31)26-13-3-1-4-14-26/h1-10,13-25,41H,11-12,40H2. The minimum Gasteiger partial charge on any atom is -0.376 e. The van der Waals surface area contributed by atoms with Crippen LogP contribution in [0.15, 0.2) is 155 Å². The molecule has 0 aromatic heterocycles. The van der Waals surface area contributed by atoms with Crippen molar-refractivity contribution >= 4 is 15.9 Å². The molecule has 0 heterocycles. The molecule has 0 spiro atoms. The summed E-state index contributed by atoms with van der Waals surface area (Å²) in [6.07, 6.45) is 5.99. The molecule has 5 aromatic carbocycles. The summed E-state index contributed by atoms with van der Waals surface area (Å²) >= 11 is 3.73. The average molecular weight is 613 g/mol. The molecule has 0 fully saturated rings. The first-order chi connectivity index (χ1) is 20.6. The lowest BCUT2D eigenvalue weighted by atomic mass is 9.59. The third-order valence-electron chi connectivity index (χ3n) is 8.64. The number of aliphatic hydroxyl groups is 1. The highest BCUT2D eigenvalue weighted by Crippen LogP contribution is 2.60. The molecule has 2 aliphatic carbocycles. The summed E-state index contributed by atoms with van der Waals surface area (Å²) in [7, 11) is 0. The van der Waals surface area contributed by atoms with E-state index in [0.29, 0.717) is 0 Å². The van der Waals surface area contributed by atoms with Crippen LogP contribution in [0.5, 0.6) is 0 Å². The number of fused-ring (bicyclic) bond motifs is 2. The highest BCUT2D eigenvalue weighted by molar-refractivity contribution is 9.10. The maximum atomic E-state index is 13.3. The van der Waals surface area contributed by atoms with Gasteiger partial charge < -0.3 is 5.11 Å². The molecule has 2 aliphatic rings. The maximum Gasteiger partial charge on any atom is 0.165 e. The largest absolute Gasteiger partial charge is 0.376 e. The van der Waals surface area contributed by atoms with Crippen LogP contribution in [0, 0.1) is 0 Å².